The molecule has 0 saturated carbocycles. The zero-order valence-electron chi connectivity index (χ0n) is 9.34. The van der Waals surface area contributed by atoms with Crippen molar-refractivity contribution in [1.82, 2.24) is 0 Å². The van der Waals surface area contributed by atoms with E-state index in [1.807, 2.05) is 0 Å². The number of hydrogen-bond donors (Lipinski definition) is 0. The van der Waals surface area contributed by atoms with E-state index in [2.05, 4.69) is 0 Å². The quantitative estimate of drug-likeness (QED) is 0.267. The number of ketones is 2. The fraction of sp³-hybridized carbons (Fsp3) is 0.636. The van der Waals surface area contributed by atoms with E-state index >= 15 is 0 Å². The summed E-state index contributed by atoms with van der Waals surface area (Å²) in [5.41, 5.74) is 0. The summed E-state index contributed by atoms with van der Waals surface area (Å²) in [5, 5.41) is -1.18. The maximum Gasteiger partial charge on any atom is 0.229 e. The molecular weight excluding hydrogens is 267 g/mol. The van der Waals surface area contributed by atoms with E-state index in [4.69, 9.17) is 23.2 Å². The summed E-state index contributed by atoms with van der Waals surface area (Å²) in [6.45, 7) is 0. The van der Waals surface area contributed by atoms with Crippen molar-refractivity contribution in [1.29, 1.82) is 0 Å². The minimum absolute atomic E-state index is 0.123. The number of carbonyl (C=O) groups is 4. The molecule has 0 aliphatic carbocycles. The van der Waals surface area contributed by atoms with Crippen LogP contribution in [0.25, 0.3) is 0 Å². The summed E-state index contributed by atoms with van der Waals surface area (Å²) in [5.74, 6) is -1.30. The average Bonchev–Trinajstić information content (AvgIpc) is 2.21. The van der Waals surface area contributed by atoms with Gasteiger partial charge in [-0.15, -0.1) is 0 Å². The van der Waals surface area contributed by atoms with Crippen LogP contribution in [0, 0.1) is 0 Å². The van der Waals surface area contributed by atoms with Crippen molar-refractivity contribution < 1.29 is 19.2 Å². The lowest BCUT2D eigenvalue weighted by Crippen LogP contribution is -2.15. The van der Waals surface area contributed by atoms with Crippen LogP contribution in [0.2, 0.25) is 0 Å². The van der Waals surface area contributed by atoms with Gasteiger partial charge >= 0.3 is 0 Å². The van der Waals surface area contributed by atoms with Crippen LogP contribution in [0.15, 0.2) is 0 Å². The van der Waals surface area contributed by atoms with Crippen LogP contribution < -0.4 is 0 Å². The van der Waals surface area contributed by atoms with Crippen LogP contribution in [0.1, 0.15) is 44.9 Å². The molecule has 6 heteroatoms. The van der Waals surface area contributed by atoms with E-state index in [0.29, 0.717) is 19.3 Å². The van der Waals surface area contributed by atoms with Crippen molar-refractivity contribution in [3.8, 4) is 0 Å². The van der Waals surface area contributed by atoms with E-state index in [1.165, 1.54) is 0 Å². The predicted molar refractivity (Wildman–Crippen MR) is 64.1 cm³/mol. The maximum absolute atomic E-state index is 11.2. The minimum atomic E-state index is -0.816. The number of hydrogen-bond acceptors (Lipinski definition) is 4. The maximum atomic E-state index is 11.2. The molecule has 0 aromatic rings. The second kappa shape index (κ2) is 9.31. The molecule has 96 valence electrons. The Hall–Kier alpha value is -0.740. The lowest BCUT2D eigenvalue weighted by atomic mass is 10.1. The smallest absolute Gasteiger partial charge is 0.229 e. The highest BCUT2D eigenvalue weighted by Crippen LogP contribution is 2.08. The molecule has 4 nitrogen and oxygen atoms in total. The van der Waals surface area contributed by atoms with Crippen molar-refractivity contribution in [2.75, 3.05) is 0 Å². The van der Waals surface area contributed by atoms with Gasteiger partial charge in [0.05, 0.1) is 6.42 Å². The highest BCUT2D eigenvalue weighted by Gasteiger charge is 2.15. The Labute approximate surface area is 110 Å². The molecule has 0 heterocycles. The molecule has 0 bridgehead atoms. The fourth-order valence-corrected chi connectivity index (χ4v) is 1.52. The van der Waals surface area contributed by atoms with E-state index in [0.717, 1.165) is 12.8 Å². The first-order valence-corrected chi connectivity index (χ1v) is 6.11. The van der Waals surface area contributed by atoms with Gasteiger partial charge in [0.25, 0.3) is 0 Å². The Kier molecular flexibility index (Phi) is 8.90. The van der Waals surface area contributed by atoms with Gasteiger partial charge in [0.15, 0.2) is 5.78 Å². The highest BCUT2D eigenvalue weighted by atomic mass is 35.5. The first-order valence-electron chi connectivity index (χ1n) is 5.36. The summed E-state index contributed by atoms with van der Waals surface area (Å²) < 4.78 is 0. The molecule has 0 aromatic carbocycles. The molecule has 0 saturated heterocycles. The molecule has 0 spiro atoms. The molecule has 0 radical (unpaired) electrons. The fourth-order valence-electron chi connectivity index (χ4n) is 1.27. The minimum Gasteiger partial charge on any atom is -0.291 e. The summed E-state index contributed by atoms with van der Waals surface area (Å²) in [6.07, 6.45) is 2.71. The molecule has 0 amide bonds. The average molecular weight is 281 g/mol. The monoisotopic (exact) mass is 280 g/mol. The van der Waals surface area contributed by atoms with Gasteiger partial charge in [-0.2, -0.15) is 0 Å². The zero-order valence-corrected chi connectivity index (χ0v) is 10.9. The van der Waals surface area contributed by atoms with Crippen molar-refractivity contribution >= 4 is 45.3 Å². The van der Waals surface area contributed by atoms with Crippen LogP contribution in [0.4, 0.5) is 0 Å². The molecule has 0 unspecified atom stereocenters. The molecule has 0 rings (SSSR count). The Morgan fingerprint density at radius 3 is 1.65 bits per heavy atom. The second-order valence-corrected chi connectivity index (χ2v) is 4.49. The Morgan fingerprint density at radius 2 is 1.18 bits per heavy atom. The van der Waals surface area contributed by atoms with Crippen LogP contribution in [-0.4, -0.2) is 22.1 Å². The van der Waals surface area contributed by atoms with Gasteiger partial charge in [0.1, 0.15) is 0 Å². The second-order valence-electron chi connectivity index (χ2n) is 3.65. The summed E-state index contributed by atoms with van der Waals surface area (Å²) >= 11 is 10.1. The number of unbranched alkanes of at least 4 members (excludes halogenated alkanes) is 3. The molecule has 17 heavy (non-hydrogen) atoms. The number of carbonyl (C=O) groups excluding carboxylic acids is 4. The summed E-state index contributed by atoms with van der Waals surface area (Å²) in [7, 11) is 0. The molecule has 0 atom stereocenters. The van der Waals surface area contributed by atoms with Crippen molar-refractivity contribution in [2.24, 2.45) is 0 Å². The summed E-state index contributed by atoms with van der Waals surface area (Å²) in [6, 6.07) is 0. The van der Waals surface area contributed by atoms with Gasteiger partial charge in [0, 0.05) is 12.8 Å². The Balaban J connectivity index is 3.54. The summed E-state index contributed by atoms with van der Waals surface area (Å²) in [4.78, 5) is 43.0. The van der Waals surface area contributed by atoms with Crippen LogP contribution in [0.3, 0.4) is 0 Å². The van der Waals surface area contributed by atoms with E-state index in [1.54, 1.807) is 0 Å². The third kappa shape index (κ3) is 10.1. The largest absolute Gasteiger partial charge is 0.291 e. The van der Waals surface area contributed by atoms with E-state index < -0.39 is 23.2 Å². The van der Waals surface area contributed by atoms with E-state index in [-0.39, 0.29) is 11.7 Å². The van der Waals surface area contributed by atoms with Gasteiger partial charge in [-0.25, -0.2) is 0 Å². The van der Waals surface area contributed by atoms with Crippen molar-refractivity contribution in [3.05, 3.63) is 0 Å². The zero-order chi connectivity index (χ0) is 13.3. The molecular formula is C11H14Cl2O4. The Bertz CT molecular complexity index is 313. The normalized spacial score (nSPS) is 10.0. The van der Waals surface area contributed by atoms with Gasteiger partial charge in [-0.1, -0.05) is 12.8 Å². The third-order valence-electron chi connectivity index (χ3n) is 2.14. The molecule has 0 aliphatic rings. The molecule has 0 fully saturated rings. The highest BCUT2D eigenvalue weighted by molar-refractivity contribution is 6.66. The van der Waals surface area contributed by atoms with Crippen LogP contribution >= 0.6 is 23.2 Å². The van der Waals surface area contributed by atoms with Gasteiger partial charge in [0.2, 0.25) is 16.3 Å². The lowest BCUT2D eigenvalue weighted by Gasteiger charge is -1.99. The third-order valence-corrected chi connectivity index (χ3v) is 2.46. The first-order chi connectivity index (χ1) is 7.93. The Morgan fingerprint density at radius 1 is 0.647 bits per heavy atom. The van der Waals surface area contributed by atoms with Crippen molar-refractivity contribution in [2.45, 2.75) is 44.9 Å². The van der Waals surface area contributed by atoms with Crippen molar-refractivity contribution in [3.63, 3.8) is 0 Å². The topological polar surface area (TPSA) is 68.3 Å². The van der Waals surface area contributed by atoms with Gasteiger partial charge < -0.3 is 0 Å². The molecule has 0 N–H and O–H groups in total. The SMILES string of the molecule is O=C(Cl)CCCCCCC(=O)C(=O)CC(=O)Cl. The predicted octanol–water partition coefficient (Wildman–Crippen LogP) is 2.39. The number of Topliss-reactive ketones (excluding diaryl/α,β-unsaturated/α-hetero) is 2. The lowest BCUT2D eigenvalue weighted by molar-refractivity contribution is -0.137. The first kappa shape index (κ1) is 16.3. The van der Waals surface area contributed by atoms with Gasteiger partial charge in [-0.05, 0) is 36.0 Å². The van der Waals surface area contributed by atoms with Crippen LogP contribution in [0.5, 0.6) is 0 Å². The molecule has 0 aliphatic heterocycles. The van der Waals surface area contributed by atoms with E-state index in [9.17, 15) is 19.2 Å². The van der Waals surface area contributed by atoms with Gasteiger partial charge in [-0.3, -0.25) is 19.2 Å². The molecule has 0 aromatic heterocycles. The number of halogens is 2. The van der Waals surface area contributed by atoms with Crippen LogP contribution in [-0.2, 0) is 19.2 Å². The standard InChI is InChI=1S/C11H14Cl2O4/c12-10(16)6-4-2-1-3-5-8(14)9(15)7-11(13)17/h1-7H2. The number of rotatable bonds is 10.